The van der Waals surface area contributed by atoms with E-state index in [1.54, 1.807) is 30.3 Å². The SMILES string of the molecule is O=C(CN(c1ccccc1)S(=O)(=O)c1ccc(F)cc1)N[C@@H]1CCCc2ccccc21. The third kappa shape index (κ3) is 4.61. The zero-order valence-electron chi connectivity index (χ0n) is 16.9. The minimum atomic E-state index is -4.06. The van der Waals surface area contributed by atoms with Crippen molar-refractivity contribution in [2.45, 2.75) is 30.2 Å². The van der Waals surface area contributed by atoms with Crippen molar-refractivity contribution in [2.75, 3.05) is 10.8 Å². The average Bonchev–Trinajstić information content (AvgIpc) is 2.78. The van der Waals surface area contributed by atoms with E-state index in [1.165, 1.54) is 17.7 Å². The summed E-state index contributed by atoms with van der Waals surface area (Å²) in [4.78, 5) is 12.9. The van der Waals surface area contributed by atoms with Gasteiger partial charge in [0, 0.05) is 0 Å². The van der Waals surface area contributed by atoms with Gasteiger partial charge < -0.3 is 5.32 Å². The van der Waals surface area contributed by atoms with Gasteiger partial charge in [-0.2, -0.15) is 0 Å². The molecule has 1 aliphatic carbocycles. The standard InChI is InChI=1S/C24H23FN2O3S/c25-19-13-15-21(16-14-19)31(29,30)27(20-9-2-1-3-10-20)17-24(28)26-23-12-6-8-18-7-4-5-11-22(18)23/h1-5,7,9-11,13-16,23H,6,8,12,17H2,(H,26,28)/t23-/m1/s1. The molecule has 1 atom stereocenters. The van der Waals surface area contributed by atoms with E-state index in [4.69, 9.17) is 0 Å². The summed E-state index contributed by atoms with van der Waals surface area (Å²) in [5.41, 5.74) is 2.65. The molecular formula is C24H23FN2O3S. The number of fused-ring (bicyclic) bond motifs is 1. The molecule has 0 heterocycles. The van der Waals surface area contributed by atoms with Gasteiger partial charge in [-0.1, -0.05) is 42.5 Å². The molecule has 1 aliphatic rings. The van der Waals surface area contributed by atoms with E-state index >= 15 is 0 Å². The first-order chi connectivity index (χ1) is 14.9. The number of sulfonamides is 1. The van der Waals surface area contributed by atoms with Crippen LogP contribution in [0.5, 0.6) is 0 Å². The van der Waals surface area contributed by atoms with Crippen LogP contribution in [0.25, 0.3) is 0 Å². The van der Waals surface area contributed by atoms with Crippen molar-refractivity contribution in [1.29, 1.82) is 0 Å². The van der Waals surface area contributed by atoms with Gasteiger partial charge in [0.15, 0.2) is 0 Å². The Balaban J connectivity index is 1.60. The second-order valence-corrected chi connectivity index (χ2v) is 9.37. The van der Waals surface area contributed by atoms with Crippen molar-refractivity contribution in [2.24, 2.45) is 0 Å². The van der Waals surface area contributed by atoms with Crippen LogP contribution in [-0.4, -0.2) is 20.9 Å². The van der Waals surface area contributed by atoms with E-state index < -0.39 is 21.7 Å². The van der Waals surface area contributed by atoms with E-state index in [1.807, 2.05) is 18.2 Å². The molecule has 0 spiro atoms. The predicted molar refractivity (Wildman–Crippen MR) is 118 cm³/mol. The van der Waals surface area contributed by atoms with Crippen molar-refractivity contribution in [3.8, 4) is 0 Å². The molecule has 0 fully saturated rings. The average molecular weight is 439 g/mol. The van der Waals surface area contributed by atoms with Crippen molar-refractivity contribution < 1.29 is 17.6 Å². The van der Waals surface area contributed by atoms with Gasteiger partial charge in [-0.05, 0) is 66.8 Å². The number of hydrogen-bond acceptors (Lipinski definition) is 3. The van der Waals surface area contributed by atoms with Crippen LogP contribution < -0.4 is 9.62 Å². The predicted octanol–water partition coefficient (Wildman–Crippen LogP) is 4.21. The lowest BCUT2D eigenvalue weighted by Crippen LogP contribution is -2.42. The lowest BCUT2D eigenvalue weighted by Gasteiger charge is -2.28. The molecule has 0 saturated carbocycles. The molecule has 3 aromatic rings. The maximum absolute atomic E-state index is 13.3. The molecular weight excluding hydrogens is 415 g/mol. The van der Waals surface area contributed by atoms with Gasteiger partial charge in [-0.15, -0.1) is 0 Å². The van der Waals surface area contributed by atoms with Gasteiger partial charge in [0.1, 0.15) is 12.4 Å². The molecule has 0 aliphatic heterocycles. The highest BCUT2D eigenvalue weighted by Crippen LogP contribution is 2.30. The second-order valence-electron chi connectivity index (χ2n) is 7.51. The van der Waals surface area contributed by atoms with E-state index in [2.05, 4.69) is 11.4 Å². The van der Waals surface area contributed by atoms with Crippen molar-refractivity contribution >= 4 is 21.6 Å². The van der Waals surface area contributed by atoms with Gasteiger partial charge >= 0.3 is 0 Å². The molecule has 1 N–H and O–H groups in total. The number of amides is 1. The highest BCUT2D eigenvalue weighted by atomic mass is 32.2. The Morgan fingerprint density at radius 2 is 1.65 bits per heavy atom. The highest BCUT2D eigenvalue weighted by molar-refractivity contribution is 7.92. The molecule has 0 unspecified atom stereocenters. The third-order valence-electron chi connectivity index (χ3n) is 5.44. The van der Waals surface area contributed by atoms with E-state index in [-0.39, 0.29) is 17.5 Å². The Bertz CT molecular complexity index is 1160. The fourth-order valence-electron chi connectivity index (χ4n) is 3.92. The molecule has 0 saturated heterocycles. The Morgan fingerprint density at radius 3 is 2.39 bits per heavy atom. The first-order valence-corrected chi connectivity index (χ1v) is 11.6. The van der Waals surface area contributed by atoms with Gasteiger partial charge in [0.25, 0.3) is 10.0 Å². The maximum Gasteiger partial charge on any atom is 0.264 e. The molecule has 0 radical (unpaired) electrons. The largest absolute Gasteiger partial charge is 0.348 e. The second kappa shape index (κ2) is 8.89. The lowest BCUT2D eigenvalue weighted by molar-refractivity contribution is -0.120. The first kappa shape index (κ1) is 21.1. The molecule has 4 rings (SSSR count). The number of para-hydroxylation sites is 1. The molecule has 0 bridgehead atoms. The molecule has 1 amide bonds. The molecule has 5 nitrogen and oxygen atoms in total. The first-order valence-electron chi connectivity index (χ1n) is 10.2. The topological polar surface area (TPSA) is 66.5 Å². The van der Waals surface area contributed by atoms with Gasteiger partial charge in [-0.25, -0.2) is 12.8 Å². The van der Waals surface area contributed by atoms with E-state index in [0.29, 0.717) is 5.69 Å². The Labute approximate surface area is 181 Å². The van der Waals surface area contributed by atoms with Gasteiger partial charge in [0.05, 0.1) is 16.6 Å². The molecule has 0 aromatic heterocycles. The van der Waals surface area contributed by atoms with Crippen molar-refractivity contribution in [1.82, 2.24) is 5.32 Å². The number of benzene rings is 3. The maximum atomic E-state index is 13.3. The van der Waals surface area contributed by atoms with Crippen LogP contribution >= 0.6 is 0 Å². The lowest BCUT2D eigenvalue weighted by atomic mass is 9.88. The molecule has 160 valence electrons. The third-order valence-corrected chi connectivity index (χ3v) is 7.23. The summed E-state index contributed by atoms with van der Waals surface area (Å²) in [6, 6.07) is 20.9. The van der Waals surface area contributed by atoms with Crippen LogP contribution in [0.1, 0.15) is 30.0 Å². The van der Waals surface area contributed by atoms with Gasteiger partial charge in [0.2, 0.25) is 5.91 Å². The monoisotopic (exact) mass is 438 g/mol. The van der Waals surface area contributed by atoms with Crippen LogP contribution in [0.15, 0.2) is 83.8 Å². The van der Waals surface area contributed by atoms with Crippen molar-refractivity contribution in [3.05, 3.63) is 95.8 Å². The fraction of sp³-hybridized carbons (Fsp3) is 0.208. The summed E-state index contributed by atoms with van der Waals surface area (Å²) in [5.74, 6) is -0.921. The number of carbonyl (C=O) groups is 1. The number of carbonyl (C=O) groups excluding carboxylic acids is 1. The Morgan fingerprint density at radius 1 is 0.968 bits per heavy atom. The number of halogens is 1. The molecule has 7 heteroatoms. The normalized spacial score (nSPS) is 15.7. The zero-order valence-corrected chi connectivity index (χ0v) is 17.7. The quantitative estimate of drug-likeness (QED) is 0.627. The number of anilines is 1. The van der Waals surface area contributed by atoms with Crippen LogP contribution in [-0.2, 0) is 21.2 Å². The summed E-state index contributed by atoms with van der Waals surface area (Å²) in [6.07, 6.45) is 2.73. The fourth-order valence-corrected chi connectivity index (χ4v) is 5.34. The van der Waals surface area contributed by atoms with Crippen LogP contribution in [0.2, 0.25) is 0 Å². The summed E-state index contributed by atoms with van der Waals surface area (Å²) >= 11 is 0. The number of hydrogen-bond donors (Lipinski definition) is 1. The molecule has 31 heavy (non-hydrogen) atoms. The number of rotatable bonds is 6. The highest BCUT2D eigenvalue weighted by Gasteiger charge is 2.29. The summed E-state index contributed by atoms with van der Waals surface area (Å²) in [7, 11) is -4.06. The Hall–Kier alpha value is -3.19. The van der Waals surface area contributed by atoms with Gasteiger partial charge in [-0.3, -0.25) is 9.10 Å². The smallest absolute Gasteiger partial charge is 0.264 e. The van der Waals surface area contributed by atoms with E-state index in [9.17, 15) is 17.6 Å². The Kier molecular flexibility index (Phi) is 6.04. The number of nitrogens with one attached hydrogen (secondary N) is 1. The van der Waals surface area contributed by atoms with Crippen molar-refractivity contribution in [3.63, 3.8) is 0 Å². The number of aryl methyl sites for hydroxylation is 1. The van der Waals surface area contributed by atoms with Crippen LogP contribution in [0.4, 0.5) is 10.1 Å². The van der Waals surface area contributed by atoms with E-state index in [0.717, 1.165) is 41.3 Å². The minimum absolute atomic E-state index is 0.0754. The minimum Gasteiger partial charge on any atom is -0.348 e. The van der Waals surface area contributed by atoms with Crippen LogP contribution in [0, 0.1) is 5.82 Å². The molecule has 3 aromatic carbocycles. The summed E-state index contributed by atoms with van der Waals surface area (Å²) < 4.78 is 41.0. The van der Waals surface area contributed by atoms with Crippen LogP contribution in [0.3, 0.4) is 0 Å². The summed E-state index contributed by atoms with van der Waals surface area (Å²) in [6.45, 7) is -0.373. The number of nitrogens with zero attached hydrogens (tertiary/aromatic N) is 1. The zero-order chi connectivity index (χ0) is 21.8. The summed E-state index contributed by atoms with van der Waals surface area (Å²) in [5, 5.41) is 3.00.